The van der Waals surface area contributed by atoms with Crippen LogP contribution in [0.15, 0.2) is 16.6 Å². The first-order valence-corrected chi connectivity index (χ1v) is 5.24. The number of rotatable bonds is 2. The molecular weight excluding hydrogens is 291 g/mol. The number of halogens is 4. The maximum atomic E-state index is 13.1. The van der Waals surface area contributed by atoms with Crippen LogP contribution in [0.4, 0.5) is 14.5 Å². The van der Waals surface area contributed by atoms with Crippen molar-refractivity contribution in [2.75, 3.05) is 5.32 Å². The number of anilines is 1. The van der Waals surface area contributed by atoms with Crippen LogP contribution in [0.2, 0.25) is 0 Å². The van der Waals surface area contributed by atoms with Crippen molar-refractivity contribution < 1.29 is 13.6 Å². The summed E-state index contributed by atoms with van der Waals surface area (Å²) in [6, 6.07) is 1.82. The molecule has 1 aromatic carbocycles. The van der Waals surface area contributed by atoms with Gasteiger partial charge in [-0.3, -0.25) is 4.79 Å². The SMILES string of the molecule is CC(Cl)C(=O)Nc1cc(Br)c(F)cc1F. The Balaban J connectivity index is 2.96. The number of nitrogens with one attached hydrogen (secondary N) is 1. The fourth-order valence-electron chi connectivity index (χ4n) is 0.851. The lowest BCUT2D eigenvalue weighted by molar-refractivity contribution is -0.115. The largest absolute Gasteiger partial charge is 0.322 e. The number of carbonyl (C=O) groups excluding carboxylic acids is 1. The Hall–Kier alpha value is -0.680. The van der Waals surface area contributed by atoms with Gasteiger partial charge >= 0.3 is 0 Å². The predicted molar refractivity (Wildman–Crippen MR) is 58.0 cm³/mol. The van der Waals surface area contributed by atoms with Gasteiger partial charge in [0.15, 0.2) is 0 Å². The summed E-state index contributed by atoms with van der Waals surface area (Å²) >= 11 is 8.36. The lowest BCUT2D eigenvalue weighted by Gasteiger charge is -2.08. The van der Waals surface area contributed by atoms with Crippen molar-refractivity contribution in [1.82, 2.24) is 0 Å². The summed E-state index contributed by atoms with van der Waals surface area (Å²) in [6.45, 7) is 1.45. The summed E-state index contributed by atoms with van der Waals surface area (Å²) in [4.78, 5) is 11.1. The van der Waals surface area contributed by atoms with E-state index >= 15 is 0 Å². The first-order chi connectivity index (χ1) is 6.91. The van der Waals surface area contributed by atoms with Crippen molar-refractivity contribution >= 4 is 39.1 Å². The van der Waals surface area contributed by atoms with Crippen LogP contribution in [-0.4, -0.2) is 11.3 Å². The lowest BCUT2D eigenvalue weighted by atomic mass is 10.3. The van der Waals surface area contributed by atoms with Gasteiger partial charge in [0.2, 0.25) is 5.91 Å². The molecule has 0 saturated heterocycles. The molecule has 0 heterocycles. The topological polar surface area (TPSA) is 29.1 Å². The molecule has 0 bridgehead atoms. The van der Waals surface area contributed by atoms with Gasteiger partial charge in [0, 0.05) is 6.07 Å². The third-order valence-electron chi connectivity index (χ3n) is 1.63. The molecular formula is C9H7BrClF2NO. The van der Waals surface area contributed by atoms with E-state index < -0.39 is 22.9 Å². The molecule has 0 aliphatic rings. The van der Waals surface area contributed by atoms with Gasteiger partial charge in [-0.1, -0.05) is 0 Å². The highest BCUT2D eigenvalue weighted by Crippen LogP contribution is 2.23. The number of alkyl halides is 1. The summed E-state index contributed by atoms with van der Waals surface area (Å²) in [5.74, 6) is -2.13. The molecule has 0 fully saturated rings. The Kier molecular flexibility index (Phi) is 4.04. The van der Waals surface area contributed by atoms with Gasteiger partial charge in [0.1, 0.15) is 17.0 Å². The highest BCUT2D eigenvalue weighted by Gasteiger charge is 2.13. The highest BCUT2D eigenvalue weighted by molar-refractivity contribution is 9.10. The second-order valence-corrected chi connectivity index (χ2v) is 4.36. The van der Waals surface area contributed by atoms with Crippen molar-refractivity contribution in [3.8, 4) is 0 Å². The molecule has 0 spiro atoms. The molecule has 15 heavy (non-hydrogen) atoms. The van der Waals surface area contributed by atoms with Gasteiger partial charge in [-0.25, -0.2) is 8.78 Å². The molecule has 1 N–H and O–H groups in total. The van der Waals surface area contributed by atoms with E-state index in [2.05, 4.69) is 21.2 Å². The molecule has 1 atom stereocenters. The maximum Gasteiger partial charge on any atom is 0.242 e. The maximum absolute atomic E-state index is 13.1. The molecule has 1 amide bonds. The Bertz CT molecular complexity index is 398. The van der Waals surface area contributed by atoms with Crippen molar-refractivity contribution in [2.24, 2.45) is 0 Å². The Labute approximate surface area is 98.7 Å². The van der Waals surface area contributed by atoms with Crippen molar-refractivity contribution in [1.29, 1.82) is 0 Å². The van der Waals surface area contributed by atoms with Crippen molar-refractivity contribution in [3.05, 3.63) is 28.2 Å². The predicted octanol–water partition coefficient (Wildman–Crippen LogP) is 3.29. The van der Waals surface area contributed by atoms with Gasteiger partial charge in [-0.15, -0.1) is 11.6 Å². The molecule has 6 heteroatoms. The second kappa shape index (κ2) is 4.90. The smallest absolute Gasteiger partial charge is 0.242 e. The summed E-state index contributed by atoms with van der Waals surface area (Å²) in [7, 11) is 0. The minimum atomic E-state index is -0.846. The molecule has 1 unspecified atom stereocenters. The summed E-state index contributed by atoms with van der Waals surface area (Å²) in [5.41, 5.74) is -0.110. The third-order valence-corrected chi connectivity index (χ3v) is 2.44. The van der Waals surface area contributed by atoms with Crippen molar-refractivity contribution in [3.63, 3.8) is 0 Å². The standard InChI is InChI=1S/C9H7BrClF2NO/c1-4(11)9(15)14-8-2-5(10)6(12)3-7(8)13/h2-4H,1H3,(H,14,15). The average molecular weight is 299 g/mol. The number of amides is 1. The van der Waals surface area contributed by atoms with Crippen LogP contribution in [0.25, 0.3) is 0 Å². The van der Waals surface area contributed by atoms with Crippen molar-refractivity contribution in [2.45, 2.75) is 12.3 Å². The van der Waals surface area contributed by atoms with Crippen LogP contribution in [-0.2, 0) is 4.79 Å². The van der Waals surface area contributed by atoms with Crippen LogP contribution in [0.3, 0.4) is 0 Å². The van der Waals surface area contributed by atoms with E-state index in [0.717, 1.165) is 6.07 Å². The molecule has 0 radical (unpaired) electrons. The van der Waals surface area contributed by atoms with E-state index in [1.807, 2.05) is 0 Å². The second-order valence-electron chi connectivity index (χ2n) is 2.85. The molecule has 1 rings (SSSR count). The molecule has 0 aromatic heterocycles. The number of hydrogen-bond donors (Lipinski definition) is 1. The van der Waals surface area contributed by atoms with E-state index in [9.17, 15) is 13.6 Å². The normalized spacial score (nSPS) is 12.3. The summed E-state index contributed by atoms with van der Waals surface area (Å²) < 4.78 is 26.0. The molecule has 0 aliphatic carbocycles. The molecule has 0 aliphatic heterocycles. The quantitative estimate of drug-likeness (QED) is 0.659. The lowest BCUT2D eigenvalue weighted by Crippen LogP contribution is -2.21. The Morgan fingerprint density at radius 3 is 2.60 bits per heavy atom. The number of benzene rings is 1. The zero-order valence-corrected chi connectivity index (χ0v) is 9.99. The van der Waals surface area contributed by atoms with Crippen LogP contribution in [0, 0.1) is 11.6 Å². The fourth-order valence-corrected chi connectivity index (χ4v) is 1.25. The Morgan fingerprint density at radius 1 is 1.47 bits per heavy atom. The molecule has 0 saturated carbocycles. The minimum Gasteiger partial charge on any atom is -0.322 e. The van der Waals surface area contributed by atoms with E-state index in [0.29, 0.717) is 6.07 Å². The number of hydrogen-bond acceptors (Lipinski definition) is 1. The van der Waals surface area contributed by atoms with Gasteiger partial charge in [0.25, 0.3) is 0 Å². The first kappa shape index (κ1) is 12.4. The first-order valence-electron chi connectivity index (χ1n) is 4.01. The average Bonchev–Trinajstić information content (AvgIpc) is 2.13. The molecule has 1 aromatic rings. The Morgan fingerprint density at radius 2 is 2.07 bits per heavy atom. The molecule has 2 nitrogen and oxygen atoms in total. The number of carbonyl (C=O) groups is 1. The fraction of sp³-hybridized carbons (Fsp3) is 0.222. The minimum absolute atomic E-state index is 0.0708. The van der Waals surface area contributed by atoms with Crippen LogP contribution in [0.5, 0.6) is 0 Å². The zero-order chi connectivity index (χ0) is 11.6. The summed E-state index contributed by atoms with van der Waals surface area (Å²) in [6.07, 6.45) is 0. The zero-order valence-electron chi connectivity index (χ0n) is 7.65. The van der Waals surface area contributed by atoms with E-state index in [1.165, 1.54) is 6.92 Å². The van der Waals surface area contributed by atoms with E-state index in [4.69, 9.17) is 11.6 Å². The van der Waals surface area contributed by atoms with Crippen LogP contribution >= 0.6 is 27.5 Å². The van der Waals surface area contributed by atoms with E-state index in [1.54, 1.807) is 0 Å². The van der Waals surface area contributed by atoms with Gasteiger partial charge < -0.3 is 5.32 Å². The van der Waals surface area contributed by atoms with Gasteiger partial charge in [0.05, 0.1) is 10.2 Å². The van der Waals surface area contributed by atoms with Gasteiger partial charge in [-0.2, -0.15) is 0 Å². The van der Waals surface area contributed by atoms with Crippen LogP contribution in [0.1, 0.15) is 6.92 Å². The molecule has 82 valence electrons. The highest BCUT2D eigenvalue weighted by atomic mass is 79.9. The monoisotopic (exact) mass is 297 g/mol. The van der Waals surface area contributed by atoms with Gasteiger partial charge in [-0.05, 0) is 28.9 Å². The summed E-state index contributed by atoms with van der Waals surface area (Å²) in [5, 5.41) is 1.45. The van der Waals surface area contributed by atoms with Crippen LogP contribution < -0.4 is 5.32 Å². The van der Waals surface area contributed by atoms with E-state index in [-0.39, 0.29) is 10.2 Å². The third kappa shape index (κ3) is 3.14.